The van der Waals surface area contributed by atoms with Gasteiger partial charge in [0, 0.05) is 12.4 Å². The van der Waals surface area contributed by atoms with Crippen LogP contribution in [0, 0.1) is 5.92 Å². The summed E-state index contributed by atoms with van der Waals surface area (Å²) in [5.41, 5.74) is 1.16. The standard InChI is InChI=1S/C22H25N3O6S/c1-4-29-22(28)19-15(10-14(2)3)13-32-20(19)24-18(26)12-30-21(27)17-7-6-16(31-17)11-25-9-5-8-23-25/h5-9,13-14H,4,10-12H2,1-3H3,(H,24,26). The molecule has 0 fully saturated rings. The van der Waals surface area contributed by atoms with Crippen LogP contribution in [0.4, 0.5) is 5.00 Å². The monoisotopic (exact) mass is 459 g/mol. The van der Waals surface area contributed by atoms with E-state index in [-0.39, 0.29) is 12.4 Å². The number of anilines is 1. The van der Waals surface area contributed by atoms with Crippen LogP contribution in [0.1, 0.15) is 53.0 Å². The smallest absolute Gasteiger partial charge is 0.374 e. The Kier molecular flexibility index (Phi) is 7.82. The first kappa shape index (κ1) is 23.3. The number of furan rings is 1. The molecule has 0 bridgehead atoms. The zero-order chi connectivity index (χ0) is 23.1. The molecular weight excluding hydrogens is 434 g/mol. The third kappa shape index (κ3) is 6.07. The first-order valence-electron chi connectivity index (χ1n) is 10.2. The topological polar surface area (TPSA) is 113 Å². The third-order valence-electron chi connectivity index (χ3n) is 4.30. The predicted octanol–water partition coefficient (Wildman–Crippen LogP) is 3.76. The van der Waals surface area contributed by atoms with Crippen LogP contribution in [-0.4, -0.2) is 40.8 Å². The zero-order valence-corrected chi connectivity index (χ0v) is 18.9. The van der Waals surface area contributed by atoms with Gasteiger partial charge in [0.15, 0.2) is 6.61 Å². The maximum atomic E-state index is 12.4. The van der Waals surface area contributed by atoms with E-state index in [4.69, 9.17) is 13.9 Å². The third-order valence-corrected chi connectivity index (χ3v) is 5.25. The van der Waals surface area contributed by atoms with Crippen LogP contribution >= 0.6 is 11.3 Å². The minimum atomic E-state index is -0.760. The Bertz CT molecular complexity index is 1070. The summed E-state index contributed by atoms with van der Waals surface area (Å²) in [5, 5.41) is 8.92. The molecule has 10 heteroatoms. The van der Waals surface area contributed by atoms with Crippen molar-refractivity contribution >= 4 is 34.2 Å². The maximum absolute atomic E-state index is 12.4. The molecule has 0 saturated heterocycles. The Balaban J connectivity index is 1.58. The Morgan fingerprint density at radius 3 is 2.72 bits per heavy atom. The first-order chi connectivity index (χ1) is 15.4. The van der Waals surface area contributed by atoms with Crippen molar-refractivity contribution in [2.75, 3.05) is 18.5 Å². The van der Waals surface area contributed by atoms with E-state index in [1.807, 2.05) is 19.2 Å². The molecule has 0 aliphatic carbocycles. The van der Waals surface area contributed by atoms with Gasteiger partial charge in [-0.05, 0) is 48.4 Å². The zero-order valence-electron chi connectivity index (χ0n) is 18.1. The average molecular weight is 460 g/mol. The number of carbonyl (C=O) groups excluding carboxylic acids is 3. The molecule has 3 aromatic rings. The molecular formula is C22H25N3O6S. The fourth-order valence-corrected chi connectivity index (χ4v) is 3.97. The number of ether oxygens (including phenoxy) is 2. The minimum Gasteiger partial charge on any atom is -0.462 e. The van der Waals surface area contributed by atoms with Gasteiger partial charge in [-0.25, -0.2) is 9.59 Å². The van der Waals surface area contributed by atoms with Gasteiger partial charge < -0.3 is 19.2 Å². The van der Waals surface area contributed by atoms with Gasteiger partial charge in [-0.2, -0.15) is 5.10 Å². The Hall–Kier alpha value is -3.40. The normalized spacial score (nSPS) is 10.9. The molecule has 0 aliphatic rings. The van der Waals surface area contributed by atoms with Crippen LogP contribution in [0.2, 0.25) is 0 Å². The summed E-state index contributed by atoms with van der Waals surface area (Å²) in [5.74, 6) is -0.969. The molecule has 0 radical (unpaired) electrons. The largest absolute Gasteiger partial charge is 0.462 e. The predicted molar refractivity (Wildman–Crippen MR) is 118 cm³/mol. The lowest BCUT2D eigenvalue weighted by Gasteiger charge is -2.10. The molecule has 32 heavy (non-hydrogen) atoms. The molecule has 3 rings (SSSR count). The number of amides is 1. The molecule has 1 N–H and O–H groups in total. The number of esters is 2. The molecule has 170 valence electrons. The van der Waals surface area contributed by atoms with Crippen molar-refractivity contribution in [3.05, 3.63) is 58.6 Å². The summed E-state index contributed by atoms with van der Waals surface area (Å²) in [6, 6.07) is 4.91. The lowest BCUT2D eigenvalue weighted by atomic mass is 10.0. The summed E-state index contributed by atoms with van der Waals surface area (Å²) in [6.45, 7) is 5.88. The second kappa shape index (κ2) is 10.8. The van der Waals surface area contributed by atoms with Crippen molar-refractivity contribution in [1.82, 2.24) is 9.78 Å². The highest BCUT2D eigenvalue weighted by Gasteiger charge is 2.23. The molecule has 9 nitrogen and oxygen atoms in total. The van der Waals surface area contributed by atoms with Crippen LogP contribution in [0.3, 0.4) is 0 Å². The van der Waals surface area contributed by atoms with Crippen molar-refractivity contribution in [3.8, 4) is 0 Å². The Morgan fingerprint density at radius 2 is 2.03 bits per heavy atom. The summed E-state index contributed by atoms with van der Waals surface area (Å²) < 4.78 is 17.3. The lowest BCUT2D eigenvalue weighted by Crippen LogP contribution is -2.22. The van der Waals surface area contributed by atoms with Gasteiger partial charge in [0.05, 0.1) is 18.7 Å². The first-order valence-corrected chi connectivity index (χ1v) is 11.1. The van der Waals surface area contributed by atoms with Crippen LogP contribution < -0.4 is 5.32 Å². The van der Waals surface area contributed by atoms with Gasteiger partial charge in [0.2, 0.25) is 5.76 Å². The lowest BCUT2D eigenvalue weighted by molar-refractivity contribution is -0.119. The quantitative estimate of drug-likeness (QED) is 0.459. The van der Waals surface area contributed by atoms with Crippen molar-refractivity contribution in [2.24, 2.45) is 5.92 Å². The van der Waals surface area contributed by atoms with E-state index in [9.17, 15) is 14.4 Å². The molecule has 0 unspecified atom stereocenters. The van der Waals surface area contributed by atoms with Crippen LogP contribution in [-0.2, 0) is 27.2 Å². The second-order valence-corrected chi connectivity index (χ2v) is 8.26. The molecule has 1 amide bonds. The fraction of sp³-hybridized carbons (Fsp3) is 0.364. The number of nitrogens with zero attached hydrogens (tertiary/aromatic N) is 2. The van der Waals surface area contributed by atoms with Crippen molar-refractivity contribution < 1.29 is 28.3 Å². The van der Waals surface area contributed by atoms with Gasteiger partial charge in [-0.1, -0.05) is 13.8 Å². The second-order valence-electron chi connectivity index (χ2n) is 7.38. The summed E-state index contributed by atoms with van der Waals surface area (Å²) in [4.78, 5) is 37.0. The minimum absolute atomic E-state index is 0.0116. The van der Waals surface area contributed by atoms with Crippen LogP contribution in [0.15, 0.2) is 40.4 Å². The maximum Gasteiger partial charge on any atom is 0.374 e. The summed E-state index contributed by atoms with van der Waals surface area (Å²) in [7, 11) is 0. The van der Waals surface area contributed by atoms with Crippen LogP contribution in [0.25, 0.3) is 0 Å². The molecule has 3 aromatic heterocycles. The molecule has 0 spiro atoms. The highest BCUT2D eigenvalue weighted by molar-refractivity contribution is 7.15. The average Bonchev–Trinajstić information content (AvgIpc) is 3.48. The van der Waals surface area contributed by atoms with Crippen molar-refractivity contribution in [2.45, 2.75) is 33.7 Å². The molecule has 0 aliphatic heterocycles. The number of hydrogen-bond acceptors (Lipinski definition) is 8. The van der Waals surface area contributed by atoms with E-state index in [2.05, 4.69) is 10.4 Å². The summed E-state index contributed by atoms with van der Waals surface area (Å²) >= 11 is 1.24. The van der Waals surface area contributed by atoms with E-state index in [0.29, 0.717) is 35.2 Å². The van der Waals surface area contributed by atoms with Gasteiger partial charge in [-0.3, -0.25) is 9.48 Å². The molecule has 0 aromatic carbocycles. The Morgan fingerprint density at radius 1 is 1.22 bits per heavy atom. The van der Waals surface area contributed by atoms with Crippen LogP contribution in [0.5, 0.6) is 0 Å². The van der Waals surface area contributed by atoms with Gasteiger partial charge >= 0.3 is 11.9 Å². The number of hydrogen-bond donors (Lipinski definition) is 1. The van der Waals surface area contributed by atoms with Crippen molar-refractivity contribution in [3.63, 3.8) is 0 Å². The van der Waals surface area contributed by atoms with Gasteiger partial charge in [0.25, 0.3) is 5.91 Å². The van der Waals surface area contributed by atoms with Crippen molar-refractivity contribution in [1.29, 1.82) is 0 Å². The van der Waals surface area contributed by atoms with E-state index in [0.717, 1.165) is 5.56 Å². The number of rotatable bonds is 10. The SMILES string of the molecule is CCOC(=O)c1c(CC(C)C)csc1NC(=O)COC(=O)c1ccc(Cn2cccn2)o1. The highest BCUT2D eigenvalue weighted by atomic mass is 32.1. The highest BCUT2D eigenvalue weighted by Crippen LogP contribution is 2.31. The van der Waals surface area contributed by atoms with E-state index in [1.54, 1.807) is 36.1 Å². The van der Waals surface area contributed by atoms with E-state index < -0.39 is 24.5 Å². The van der Waals surface area contributed by atoms with Gasteiger partial charge in [-0.15, -0.1) is 11.3 Å². The fourth-order valence-electron chi connectivity index (χ4n) is 2.99. The summed E-state index contributed by atoms with van der Waals surface area (Å²) in [6.07, 6.45) is 4.09. The molecule has 3 heterocycles. The number of carbonyl (C=O) groups is 3. The van der Waals surface area contributed by atoms with E-state index >= 15 is 0 Å². The van der Waals surface area contributed by atoms with Gasteiger partial charge in [0.1, 0.15) is 10.8 Å². The Labute approximate surface area is 189 Å². The molecule has 0 atom stereocenters. The van der Waals surface area contributed by atoms with E-state index in [1.165, 1.54) is 17.4 Å². The number of nitrogens with one attached hydrogen (secondary N) is 1. The molecule has 0 saturated carbocycles. The number of aromatic nitrogens is 2. The number of thiophene rings is 1.